The van der Waals surface area contributed by atoms with Crippen LogP contribution in [0.25, 0.3) is 0 Å². The molecule has 0 bridgehead atoms. The highest BCUT2D eigenvalue weighted by atomic mass is 16.1. The molecule has 0 saturated heterocycles. The van der Waals surface area contributed by atoms with Gasteiger partial charge in [0.15, 0.2) is 5.78 Å². The molecule has 0 aromatic heterocycles. The maximum absolute atomic E-state index is 10.7. The second-order valence-corrected chi connectivity index (χ2v) is 7.08. The molecular weight excluding hydrogens is 292 g/mol. The lowest BCUT2D eigenvalue weighted by Crippen LogP contribution is -1.85. The van der Waals surface area contributed by atoms with Gasteiger partial charge in [-0.25, -0.2) is 0 Å². The molecule has 0 aromatic carbocycles. The van der Waals surface area contributed by atoms with Crippen molar-refractivity contribution < 1.29 is 4.79 Å². The van der Waals surface area contributed by atoms with Gasteiger partial charge in [0.25, 0.3) is 0 Å². The van der Waals surface area contributed by atoms with E-state index in [1.54, 1.807) is 13.0 Å². The molecule has 0 spiro atoms. The summed E-state index contributed by atoms with van der Waals surface area (Å²) in [4.78, 5) is 10.7. The van der Waals surface area contributed by atoms with E-state index in [0.717, 1.165) is 31.3 Å². The topological polar surface area (TPSA) is 17.1 Å². The maximum atomic E-state index is 10.7. The van der Waals surface area contributed by atoms with Gasteiger partial charge in [0.1, 0.15) is 0 Å². The quantitative estimate of drug-likeness (QED) is 0.255. The van der Waals surface area contributed by atoms with E-state index >= 15 is 0 Å². The van der Waals surface area contributed by atoms with Crippen molar-refractivity contribution in [2.24, 2.45) is 0 Å². The fraction of sp³-hybridized carbons (Fsp3) is 0.522. The van der Waals surface area contributed by atoms with Crippen molar-refractivity contribution in [2.75, 3.05) is 0 Å². The Kier molecular flexibility index (Phi) is 15.3. The molecule has 1 heteroatoms. The van der Waals surface area contributed by atoms with Crippen LogP contribution in [-0.2, 0) is 4.79 Å². The van der Waals surface area contributed by atoms with E-state index in [-0.39, 0.29) is 5.78 Å². The number of allylic oxidation sites excluding steroid dienone is 9. The fourth-order valence-corrected chi connectivity index (χ4v) is 2.09. The molecular formula is C23H38O. The van der Waals surface area contributed by atoms with Crippen molar-refractivity contribution in [3.8, 4) is 0 Å². The Morgan fingerprint density at radius 2 is 1.08 bits per heavy atom. The molecule has 24 heavy (non-hydrogen) atoms. The standard InChI is InChI=1S/C12H20.C11H18O/c1-10(2)7-6-8-12(5)9-11(3)4;1-9(2)6-5-7-10(3)8-11(4)12/h7,9H,3,6,8H2,1-2,4-5H3;6,8H,5,7H2,1-4H3/b12-9-;10-8+. The number of hydrogen-bond donors (Lipinski definition) is 0. The molecule has 0 radical (unpaired) electrons. The van der Waals surface area contributed by atoms with Gasteiger partial charge in [0.05, 0.1) is 0 Å². The van der Waals surface area contributed by atoms with E-state index in [2.05, 4.69) is 59.4 Å². The molecule has 0 fully saturated rings. The molecule has 136 valence electrons. The summed E-state index contributed by atoms with van der Waals surface area (Å²) >= 11 is 0. The monoisotopic (exact) mass is 330 g/mol. The van der Waals surface area contributed by atoms with Crippen LogP contribution in [0.3, 0.4) is 0 Å². The molecule has 0 N–H and O–H groups in total. The number of carbonyl (C=O) groups excluding carboxylic acids is 1. The highest BCUT2D eigenvalue weighted by Crippen LogP contribution is 2.08. The van der Waals surface area contributed by atoms with Gasteiger partial charge in [-0.15, -0.1) is 0 Å². The third-order valence-electron chi connectivity index (χ3n) is 3.12. The summed E-state index contributed by atoms with van der Waals surface area (Å²) in [6, 6.07) is 0. The second kappa shape index (κ2) is 14.9. The molecule has 0 aliphatic carbocycles. The Morgan fingerprint density at radius 1 is 0.708 bits per heavy atom. The van der Waals surface area contributed by atoms with Gasteiger partial charge in [0, 0.05) is 0 Å². The molecule has 0 amide bonds. The van der Waals surface area contributed by atoms with Crippen molar-refractivity contribution in [3.63, 3.8) is 0 Å². The summed E-state index contributed by atoms with van der Waals surface area (Å²) in [6.45, 7) is 20.1. The second-order valence-electron chi connectivity index (χ2n) is 7.08. The highest BCUT2D eigenvalue weighted by molar-refractivity contribution is 5.87. The van der Waals surface area contributed by atoms with E-state index in [4.69, 9.17) is 0 Å². The molecule has 0 unspecified atom stereocenters. The first kappa shape index (κ1) is 24.6. The van der Waals surface area contributed by atoms with Crippen molar-refractivity contribution in [1.82, 2.24) is 0 Å². The summed E-state index contributed by atoms with van der Waals surface area (Å²) in [7, 11) is 0. The first-order valence-electron chi connectivity index (χ1n) is 8.81. The fourth-order valence-electron chi connectivity index (χ4n) is 2.09. The number of carbonyl (C=O) groups is 1. The summed E-state index contributed by atoms with van der Waals surface area (Å²) in [5, 5.41) is 0. The molecule has 0 aliphatic heterocycles. The minimum Gasteiger partial charge on any atom is -0.295 e. The molecule has 0 saturated carbocycles. The van der Waals surface area contributed by atoms with Crippen LogP contribution < -0.4 is 0 Å². The van der Waals surface area contributed by atoms with Crippen LogP contribution in [-0.4, -0.2) is 5.78 Å². The maximum Gasteiger partial charge on any atom is 0.152 e. The SMILES string of the molecule is C=C(C)/C=C(/C)CCC=C(C)C.CC(=O)/C=C(\C)CCC=C(C)C. The molecule has 0 rings (SSSR count). The Hall–Kier alpha value is -1.63. The van der Waals surface area contributed by atoms with Gasteiger partial charge < -0.3 is 0 Å². The van der Waals surface area contributed by atoms with E-state index in [1.165, 1.54) is 22.3 Å². The van der Waals surface area contributed by atoms with Gasteiger partial charge >= 0.3 is 0 Å². The van der Waals surface area contributed by atoms with Crippen LogP contribution in [0.15, 0.2) is 58.7 Å². The smallest absolute Gasteiger partial charge is 0.152 e. The third kappa shape index (κ3) is 22.6. The Labute approximate surface area is 150 Å². The Bertz CT molecular complexity index is 454. The number of hydrogen-bond acceptors (Lipinski definition) is 1. The van der Waals surface area contributed by atoms with Crippen LogP contribution in [0.4, 0.5) is 0 Å². The van der Waals surface area contributed by atoms with Crippen LogP contribution in [0, 0.1) is 0 Å². The largest absolute Gasteiger partial charge is 0.295 e. The van der Waals surface area contributed by atoms with Gasteiger partial charge in [-0.3, -0.25) is 4.79 Å². The first-order valence-corrected chi connectivity index (χ1v) is 8.81. The molecule has 1 nitrogen and oxygen atoms in total. The minimum atomic E-state index is 0.143. The minimum absolute atomic E-state index is 0.143. The summed E-state index contributed by atoms with van der Waals surface area (Å²) in [6.07, 6.45) is 12.7. The van der Waals surface area contributed by atoms with Crippen molar-refractivity contribution in [1.29, 1.82) is 0 Å². The average molecular weight is 331 g/mol. The zero-order chi connectivity index (χ0) is 19.1. The molecule has 0 atom stereocenters. The van der Waals surface area contributed by atoms with E-state index in [0.29, 0.717) is 0 Å². The lowest BCUT2D eigenvalue weighted by molar-refractivity contribution is -0.112. The van der Waals surface area contributed by atoms with Crippen LogP contribution in [0.2, 0.25) is 0 Å². The lowest BCUT2D eigenvalue weighted by atomic mass is 10.1. The van der Waals surface area contributed by atoms with E-state index in [9.17, 15) is 4.79 Å². The normalized spacial score (nSPS) is 11.2. The lowest BCUT2D eigenvalue weighted by Gasteiger charge is -1.98. The molecule has 0 aliphatic rings. The number of rotatable bonds is 8. The Balaban J connectivity index is 0. The summed E-state index contributed by atoms with van der Waals surface area (Å²) in [5.41, 5.74) is 6.47. The van der Waals surface area contributed by atoms with Gasteiger partial charge in [-0.1, -0.05) is 52.7 Å². The van der Waals surface area contributed by atoms with E-state index in [1.807, 2.05) is 13.8 Å². The summed E-state index contributed by atoms with van der Waals surface area (Å²) < 4.78 is 0. The van der Waals surface area contributed by atoms with Crippen LogP contribution in [0.5, 0.6) is 0 Å². The predicted molar refractivity (Wildman–Crippen MR) is 110 cm³/mol. The van der Waals surface area contributed by atoms with Crippen molar-refractivity contribution in [2.45, 2.75) is 81.1 Å². The third-order valence-corrected chi connectivity index (χ3v) is 3.12. The first-order chi connectivity index (χ1) is 11.0. The van der Waals surface area contributed by atoms with E-state index < -0.39 is 0 Å². The summed E-state index contributed by atoms with van der Waals surface area (Å²) in [5.74, 6) is 0.143. The molecule has 0 heterocycles. The zero-order valence-electron chi connectivity index (χ0n) is 17.3. The number of ketones is 1. The van der Waals surface area contributed by atoms with Crippen LogP contribution >= 0.6 is 0 Å². The Morgan fingerprint density at radius 3 is 1.38 bits per heavy atom. The highest BCUT2D eigenvalue weighted by Gasteiger charge is 1.91. The average Bonchev–Trinajstić information content (AvgIpc) is 2.36. The van der Waals surface area contributed by atoms with Crippen molar-refractivity contribution in [3.05, 3.63) is 58.7 Å². The zero-order valence-corrected chi connectivity index (χ0v) is 17.3. The van der Waals surface area contributed by atoms with Gasteiger partial charge in [-0.05, 0) is 87.1 Å². The van der Waals surface area contributed by atoms with Gasteiger partial charge in [-0.2, -0.15) is 0 Å². The molecule has 0 aromatic rings. The van der Waals surface area contributed by atoms with Gasteiger partial charge in [0.2, 0.25) is 0 Å². The van der Waals surface area contributed by atoms with Crippen molar-refractivity contribution >= 4 is 5.78 Å². The predicted octanol–water partition coefficient (Wildman–Crippen LogP) is 7.52. The van der Waals surface area contributed by atoms with Crippen LogP contribution in [0.1, 0.15) is 81.1 Å².